The summed E-state index contributed by atoms with van der Waals surface area (Å²) < 4.78 is 0. The second-order valence-electron chi connectivity index (χ2n) is 5.75. The van der Waals surface area contributed by atoms with Crippen molar-refractivity contribution in [1.29, 1.82) is 0 Å². The third kappa shape index (κ3) is 5.14. The Labute approximate surface area is 145 Å². The van der Waals surface area contributed by atoms with E-state index in [0.717, 1.165) is 45.8 Å². The van der Waals surface area contributed by atoms with Gasteiger partial charge in [0.25, 0.3) is 0 Å². The first-order valence-corrected chi connectivity index (χ1v) is 9.83. The topological polar surface area (TPSA) is 35.6 Å². The van der Waals surface area contributed by atoms with Crippen LogP contribution in [-0.4, -0.2) is 48.4 Å². The molecule has 0 unspecified atom stereocenters. The summed E-state index contributed by atoms with van der Waals surface area (Å²) in [5.41, 5.74) is 0. The highest BCUT2D eigenvalue weighted by atomic mass is 32.1. The van der Waals surface area contributed by atoms with Gasteiger partial charge in [-0.15, -0.1) is 22.7 Å². The Morgan fingerprint density at radius 2 is 1.70 bits per heavy atom. The minimum atomic E-state index is 0.286. The molecule has 3 heterocycles. The van der Waals surface area contributed by atoms with Crippen molar-refractivity contribution in [3.05, 3.63) is 44.8 Å². The van der Waals surface area contributed by atoms with Crippen molar-refractivity contribution in [3.63, 3.8) is 0 Å². The lowest BCUT2D eigenvalue weighted by Gasteiger charge is -2.28. The van der Waals surface area contributed by atoms with Gasteiger partial charge in [-0.2, -0.15) is 0 Å². The van der Waals surface area contributed by atoms with E-state index in [2.05, 4.69) is 45.2 Å². The summed E-state index contributed by atoms with van der Waals surface area (Å²) in [5, 5.41) is 7.52. The third-order valence-electron chi connectivity index (χ3n) is 4.03. The molecule has 0 spiro atoms. The van der Waals surface area contributed by atoms with Gasteiger partial charge in [-0.3, -0.25) is 9.69 Å². The van der Waals surface area contributed by atoms with Gasteiger partial charge >= 0.3 is 0 Å². The maximum absolute atomic E-state index is 12.4. The van der Waals surface area contributed by atoms with E-state index in [-0.39, 0.29) is 5.91 Å². The number of amides is 1. The van der Waals surface area contributed by atoms with Gasteiger partial charge in [0.1, 0.15) is 0 Å². The zero-order valence-electron chi connectivity index (χ0n) is 13.2. The van der Waals surface area contributed by atoms with Gasteiger partial charge in [0.05, 0.1) is 0 Å². The van der Waals surface area contributed by atoms with Crippen molar-refractivity contribution >= 4 is 28.6 Å². The van der Waals surface area contributed by atoms with Gasteiger partial charge < -0.3 is 10.2 Å². The Morgan fingerprint density at radius 1 is 1.09 bits per heavy atom. The van der Waals surface area contributed by atoms with Crippen LogP contribution in [0.2, 0.25) is 0 Å². The van der Waals surface area contributed by atoms with Crippen molar-refractivity contribution in [1.82, 2.24) is 15.1 Å². The van der Waals surface area contributed by atoms with Crippen LogP contribution < -0.4 is 5.32 Å². The van der Waals surface area contributed by atoms with Crippen LogP contribution in [0.1, 0.15) is 16.2 Å². The van der Waals surface area contributed by atoms with Gasteiger partial charge in [-0.1, -0.05) is 12.1 Å². The third-order valence-corrected chi connectivity index (χ3v) is 5.75. The largest absolute Gasteiger partial charge is 0.340 e. The highest BCUT2D eigenvalue weighted by molar-refractivity contribution is 7.10. The number of thiophene rings is 2. The van der Waals surface area contributed by atoms with Crippen LogP contribution in [-0.2, 0) is 17.9 Å². The number of piperazine rings is 1. The lowest BCUT2D eigenvalue weighted by atomic mass is 10.2. The first kappa shape index (κ1) is 16.6. The molecule has 1 aliphatic rings. The van der Waals surface area contributed by atoms with Crippen LogP contribution >= 0.6 is 22.7 Å². The molecule has 124 valence electrons. The molecular weight excluding hydrogens is 326 g/mol. The molecule has 1 fully saturated rings. The maximum Gasteiger partial charge on any atom is 0.223 e. The number of carbonyl (C=O) groups is 1. The first-order valence-electron chi connectivity index (χ1n) is 8.07. The van der Waals surface area contributed by atoms with E-state index in [1.54, 1.807) is 22.7 Å². The van der Waals surface area contributed by atoms with Crippen molar-refractivity contribution in [2.24, 2.45) is 0 Å². The molecule has 23 heavy (non-hydrogen) atoms. The summed E-state index contributed by atoms with van der Waals surface area (Å²) >= 11 is 3.57. The van der Waals surface area contributed by atoms with Crippen molar-refractivity contribution in [2.75, 3.05) is 32.7 Å². The summed E-state index contributed by atoms with van der Waals surface area (Å²) in [6.45, 7) is 6.18. The quantitative estimate of drug-likeness (QED) is 0.835. The van der Waals surface area contributed by atoms with E-state index in [1.807, 2.05) is 4.90 Å². The Kier molecular flexibility index (Phi) is 6.21. The van der Waals surface area contributed by atoms with Gasteiger partial charge in [0.15, 0.2) is 0 Å². The number of rotatable bonds is 7. The monoisotopic (exact) mass is 349 g/mol. The molecule has 6 heteroatoms. The van der Waals surface area contributed by atoms with E-state index in [4.69, 9.17) is 0 Å². The molecular formula is C17H23N3OS2. The zero-order valence-corrected chi connectivity index (χ0v) is 14.9. The number of nitrogens with one attached hydrogen (secondary N) is 1. The van der Waals surface area contributed by atoms with Crippen LogP contribution in [0.4, 0.5) is 0 Å². The summed E-state index contributed by atoms with van der Waals surface area (Å²) in [7, 11) is 0. The second-order valence-corrected chi connectivity index (χ2v) is 7.81. The lowest BCUT2D eigenvalue weighted by molar-refractivity contribution is -0.132. The fourth-order valence-corrected chi connectivity index (χ4v) is 4.28. The van der Waals surface area contributed by atoms with Crippen LogP contribution in [0.25, 0.3) is 0 Å². The Bertz CT molecular complexity index is 541. The number of carbonyl (C=O) groups excluding carboxylic acids is 1. The van der Waals surface area contributed by atoms with Crippen molar-refractivity contribution < 1.29 is 4.79 Å². The van der Waals surface area contributed by atoms with Crippen molar-refractivity contribution in [3.8, 4) is 0 Å². The molecule has 1 saturated heterocycles. The molecule has 1 N–H and O–H groups in total. The lowest BCUT2D eigenvalue weighted by Crippen LogP contribution is -2.47. The number of hydrogen-bond acceptors (Lipinski definition) is 5. The van der Waals surface area contributed by atoms with E-state index in [1.165, 1.54) is 9.75 Å². The predicted octanol–water partition coefficient (Wildman–Crippen LogP) is 2.63. The van der Waals surface area contributed by atoms with Gasteiger partial charge in [0, 0.05) is 62.0 Å². The summed E-state index contributed by atoms with van der Waals surface area (Å²) in [6.07, 6.45) is 0.608. The summed E-state index contributed by atoms with van der Waals surface area (Å²) in [6, 6.07) is 8.53. The van der Waals surface area contributed by atoms with E-state index in [9.17, 15) is 4.79 Å². The molecule has 0 aliphatic carbocycles. The molecule has 0 radical (unpaired) electrons. The summed E-state index contributed by atoms with van der Waals surface area (Å²) in [5.74, 6) is 0.286. The van der Waals surface area contributed by atoms with Gasteiger partial charge in [-0.25, -0.2) is 0 Å². The molecule has 0 bridgehead atoms. The minimum Gasteiger partial charge on any atom is -0.340 e. The van der Waals surface area contributed by atoms with Gasteiger partial charge in [0.2, 0.25) is 5.91 Å². The number of hydrogen-bond donors (Lipinski definition) is 1. The van der Waals surface area contributed by atoms with E-state index < -0.39 is 0 Å². The molecule has 1 aliphatic heterocycles. The zero-order chi connectivity index (χ0) is 15.9. The average molecular weight is 350 g/mol. The standard InChI is InChI=1S/C17H23N3OS2/c21-17(20-9-6-18-7-10-20)5-8-19(13-15-3-1-11-22-15)14-16-4-2-12-23-16/h1-4,11-12,18H,5-10,13-14H2. The SMILES string of the molecule is O=C(CCN(Cc1cccs1)Cc1cccs1)N1CCNCC1. The Balaban J connectivity index is 1.55. The first-order chi connectivity index (χ1) is 11.3. The molecule has 1 amide bonds. The van der Waals surface area contributed by atoms with Crippen LogP contribution in [0.5, 0.6) is 0 Å². The molecule has 2 aromatic rings. The predicted molar refractivity (Wildman–Crippen MR) is 96.8 cm³/mol. The normalized spacial score (nSPS) is 15.3. The molecule has 0 saturated carbocycles. The molecule has 2 aromatic heterocycles. The molecule has 4 nitrogen and oxygen atoms in total. The number of nitrogens with zero attached hydrogens (tertiary/aromatic N) is 2. The van der Waals surface area contributed by atoms with Gasteiger partial charge in [-0.05, 0) is 22.9 Å². The summed E-state index contributed by atoms with van der Waals surface area (Å²) in [4.78, 5) is 19.5. The van der Waals surface area contributed by atoms with Crippen molar-refractivity contribution in [2.45, 2.75) is 19.5 Å². The van der Waals surface area contributed by atoms with E-state index >= 15 is 0 Å². The highest BCUT2D eigenvalue weighted by Gasteiger charge is 2.17. The Hall–Kier alpha value is -1.21. The van der Waals surface area contributed by atoms with Crippen LogP contribution in [0, 0.1) is 0 Å². The van der Waals surface area contributed by atoms with E-state index in [0.29, 0.717) is 6.42 Å². The second kappa shape index (κ2) is 8.59. The smallest absolute Gasteiger partial charge is 0.223 e. The minimum absolute atomic E-state index is 0.286. The fourth-order valence-electron chi connectivity index (χ4n) is 2.79. The van der Waals surface area contributed by atoms with Crippen LogP contribution in [0.3, 0.4) is 0 Å². The average Bonchev–Trinajstić information content (AvgIpc) is 3.27. The molecule has 0 atom stereocenters. The molecule has 3 rings (SSSR count). The molecule has 0 aromatic carbocycles. The maximum atomic E-state index is 12.4. The van der Waals surface area contributed by atoms with Crippen LogP contribution in [0.15, 0.2) is 35.0 Å². The fraction of sp³-hybridized carbons (Fsp3) is 0.471. The highest BCUT2D eigenvalue weighted by Crippen LogP contribution is 2.17. The Morgan fingerprint density at radius 3 is 2.22 bits per heavy atom.